The molecule has 0 aromatic heterocycles. The zero-order valence-corrected chi connectivity index (χ0v) is 14.4. The normalized spacial score (nSPS) is 12.9. The van der Waals surface area contributed by atoms with E-state index in [-0.39, 0.29) is 0 Å². The Kier molecular flexibility index (Phi) is 6.71. The SMILES string of the molecule is CC[C@H](C)c1ccc(NC(=O)COC(=O)[C@H](O)c2ccccc2)cc1. The Balaban J connectivity index is 1.83. The van der Waals surface area contributed by atoms with Crippen LogP contribution in [0.2, 0.25) is 0 Å². The van der Waals surface area contributed by atoms with Crippen LogP contribution >= 0.6 is 0 Å². The van der Waals surface area contributed by atoms with Crippen molar-refractivity contribution in [3.63, 3.8) is 0 Å². The molecule has 2 atom stereocenters. The number of esters is 1. The van der Waals surface area contributed by atoms with Crippen molar-refractivity contribution in [2.24, 2.45) is 0 Å². The van der Waals surface area contributed by atoms with Crippen LogP contribution in [-0.2, 0) is 14.3 Å². The van der Waals surface area contributed by atoms with Gasteiger partial charge in [-0.1, -0.05) is 56.3 Å². The highest BCUT2D eigenvalue weighted by molar-refractivity contribution is 5.93. The van der Waals surface area contributed by atoms with Crippen LogP contribution in [0.3, 0.4) is 0 Å². The van der Waals surface area contributed by atoms with Crippen LogP contribution in [0.4, 0.5) is 5.69 Å². The summed E-state index contributed by atoms with van der Waals surface area (Å²) in [4.78, 5) is 23.7. The molecule has 2 rings (SSSR count). The Hall–Kier alpha value is -2.66. The maximum atomic E-state index is 11.9. The average molecular weight is 341 g/mol. The predicted octanol–water partition coefficient (Wildman–Crippen LogP) is 3.42. The lowest BCUT2D eigenvalue weighted by Gasteiger charge is -2.12. The van der Waals surface area contributed by atoms with Gasteiger partial charge in [0.05, 0.1) is 0 Å². The molecule has 0 heterocycles. The van der Waals surface area contributed by atoms with Crippen LogP contribution in [0.15, 0.2) is 54.6 Å². The minimum Gasteiger partial charge on any atom is -0.453 e. The van der Waals surface area contributed by atoms with Crippen molar-refractivity contribution in [1.82, 2.24) is 0 Å². The van der Waals surface area contributed by atoms with Gasteiger partial charge in [0.1, 0.15) is 0 Å². The smallest absolute Gasteiger partial charge is 0.340 e. The van der Waals surface area contributed by atoms with Crippen molar-refractivity contribution in [2.45, 2.75) is 32.3 Å². The fourth-order valence-electron chi connectivity index (χ4n) is 2.31. The number of carbonyl (C=O) groups is 2. The standard InChI is InChI=1S/C20H23NO4/c1-3-14(2)15-9-11-17(12-10-15)21-18(22)13-25-20(24)19(23)16-7-5-4-6-8-16/h4-12,14,19,23H,3,13H2,1-2H3,(H,21,22)/t14-,19+/m0/s1. The zero-order chi connectivity index (χ0) is 18.2. The van der Waals surface area contributed by atoms with Crippen LogP contribution in [0, 0.1) is 0 Å². The molecular weight excluding hydrogens is 318 g/mol. The molecule has 1 amide bonds. The highest BCUT2D eigenvalue weighted by atomic mass is 16.5. The van der Waals surface area contributed by atoms with Crippen LogP contribution in [0.1, 0.15) is 43.4 Å². The minimum atomic E-state index is -1.40. The van der Waals surface area contributed by atoms with Crippen molar-refractivity contribution < 1.29 is 19.4 Å². The second-order valence-corrected chi connectivity index (χ2v) is 5.90. The number of benzene rings is 2. The Morgan fingerprint density at radius 3 is 2.28 bits per heavy atom. The van der Waals surface area contributed by atoms with E-state index in [1.807, 2.05) is 24.3 Å². The number of ether oxygens (including phenoxy) is 1. The van der Waals surface area contributed by atoms with E-state index in [0.717, 1.165) is 6.42 Å². The van der Waals surface area contributed by atoms with E-state index in [1.54, 1.807) is 30.3 Å². The van der Waals surface area contributed by atoms with E-state index in [0.29, 0.717) is 17.2 Å². The Morgan fingerprint density at radius 1 is 1.04 bits per heavy atom. The fraction of sp³-hybridized carbons (Fsp3) is 0.300. The molecule has 0 spiro atoms. The summed E-state index contributed by atoms with van der Waals surface area (Å²) >= 11 is 0. The molecule has 0 saturated heterocycles. The summed E-state index contributed by atoms with van der Waals surface area (Å²) in [6.45, 7) is 3.82. The highest BCUT2D eigenvalue weighted by Gasteiger charge is 2.19. The molecule has 2 aromatic carbocycles. The van der Waals surface area contributed by atoms with Gasteiger partial charge in [0, 0.05) is 5.69 Å². The maximum Gasteiger partial charge on any atom is 0.340 e. The third-order valence-corrected chi connectivity index (χ3v) is 4.06. The summed E-state index contributed by atoms with van der Waals surface area (Å²) in [5.41, 5.74) is 2.27. The number of rotatable bonds is 7. The summed E-state index contributed by atoms with van der Waals surface area (Å²) in [6.07, 6.45) is -0.352. The number of aliphatic hydroxyl groups excluding tert-OH is 1. The van der Waals surface area contributed by atoms with Gasteiger partial charge in [0.25, 0.3) is 5.91 Å². The Bertz CT molecular complexity index is 697. The van der Waals surface area contributed by atoms with Crippen molar-refractivity contribution in [3.05, 3.63) is 65.7 Å². The molecule has 5 nitrogen and oxygen atoms in total. The molecule has 0 fully saturated rings. The minimum absolute atomic E-state index is 0.425. The van der Waals surface area contributed by atoms with E-state index >= 15 is 0 Å². The van der Waals surface area contributed by atoms with Gasteiger partial charge in [-0.3, -0.25) is 4.79 Å². The molecule has 2 N–H and O–H groups in total. The first-order valence-corrected chi connectivity index (χ1v) is 8.30. The zero-order valence-electron chi connectivity index (χ0n) is 14.4. The first kappa shape index (κ1) is 18.7. The molecule has 132 valence electrons. The summed E-state index contributed by atoms with van der Waals surface area (Å²) in [7, 11) is 0. The van der Waals surface area contributed by atoms with Crippen molar-refractivity contribution in [2.75, 3.05) is 11.9 Å². The molecule has 25 heavy (non-hydrogen) atoms. The van der Waals surface area contributed by atoms with Gasteiger partial charge in [-0.15, -0.1) is 0 Å². The number of hydrogen-bond acceptors (Lipinski definition) is 4. The molecule has 0 saturated carbocycles. The van der Waals surface area contributed by atoms with E-state index in [2.05, 4.69) is 19.2 Å². The molecular formula is C20H23NO4. The van der Waals surface area contributed by atoms with Gasteiger partial charge in [-0.2, -0.15) is 0 Å². The van der Waals surface area contributed by atoms with Gasteiger partial charge in [-0.25, -0.2) is 4.79 Å². The van der Waals surface area contributed by atoms with Crippen molar-refractivity contribution in [3.8, 4) is 0 Å². The van der Waals surface area contributed by atoms with Gasteiger partial charge < -0.3 is 15.2 Å². The summed E-state index contributed by atoms with van der Waals surface area (Å²) < 4.78 is 4.87. The van der Waals surface area contributed by atoms with Crippen LogP contribution in [0.5, 0.6) is 0 Å². The van der Waals surface area contributed by atoms with Crippen molar-refractivity contribution in [1.29, 1.82) is 0 Å². The second kappa shape index (κ2) is 8.99. The first-order valence-electron chi connectivity index (χ1n) is 8.30. The topological polar surface area (TPSA) is 75.6 Å². The highest BCUT2D eigenvalue weighted by Crippen LogP contribution is 2.20. The molecule has 5 heteroatoms. The fourth-order valence-corrected chi connectivity index (χ4v) is 2.31. The number of carbonyl (C=O) groups excluding carboxylic acids is 2. The number of aliphatic hydroxyl groups is 1. The van der Waals surface area contributed by atoms with E-state index in [9.17, 15) is 14.7 Å². The average Bonchev–Trinajstić information content (AvgIpc) is 2.66. The molecule has 0 aliphatic rings. The van der Waals surface area contributed by atoms with Crippen LogP contribution in [0.25, 0.3) is 0 Å². The van der Waals surface area contributed by atoms with Gasteiger partial charge in [0.2, 0.25) is 0 Å². The summed E-state index contributed by atoms with van der Waals surface area (Å²) in [5, 5.41) is 12.6. The molecule has 0 aliphatic carbocycles. The lowest BCUT2D eigenvalue weighted by Crippen LogP contribution is -2.23. The van der Waals surface area contributed by atoms with Crippen molar-refractivity contribution >= 4 is 17.6 Å². The first-order chi connectivity index (χ1) is 12.0. The van der Waals surface area contributed by atoms with Gasteiger partial charge >= 0.3 is 5.97 Å². The van der Waals surface area contributed by atoms with Crippen LogP contribution < -0.4 is 5.32 Å². The molecule has 2 aromatic rings. The van der Waals surface area contributed by atoms with Gasteiger partial charge in [0.15, 0.2) is 12.7 Å². The van der Waals surface area contributed by atoms with Crippen LogP contribution in [-0.4, -0.2) is 23.6 Å². The predicted molar refractivity (Wildman–Crippen MR) is 96.1 cm³/mol. The van der Waals surface area contributed by atoms with E-state index < -0.39 is 24.6 Å². The number of anilines is 1. The summed E-state index contributed by atoms with van der Waals surface area (Å²) in [6, 6.07) is 16.0. The van der Waals surface area contributed by atoms with Gasteiger partial charge in [-0.05, 0) is 35.6 Å². The summed E-state index contributed by atoms with van der Waals surface area (Å²) in [5.74, 6) is -0.844. The number of nitrogens with one attached hydrogen (secondary N) is 1. The lowest BCUT2D eigenvalue weighted by atomic mass is 9.99. The molecule has 0 radical (unpaired) electrons. The number of amides is 1. The molecule has 0 unspecified atom stereocenters. The molecule has 0 aliphatic heterocycles. The maximum absolute atomic E-state index is 11.9. The third-order valence-electron chi connectivity index (χ3n) is 4.06. The Morgan fingerprint density at radius 2 is 1.68 bits per heavy atom. The lowest BCUT2D eigenvalue weighted by molar-refractivity contribution is -0.156. The molecule has 0 bridgehead atoms. The number of hydrogen-bond donors (Lipinski definition) is 2. The van der Waals surface area contributed by atoms with E-state index in [4.69, 9.17) is 4.74 Å². The second-order valence-electron chi connectivity index (χ2n) is 5.90. The monoisotopic (exact) mass is 341 g/mol. The quantitative estimate of drug-likeness (QED) is 0.757. The Labute approximate surface area is 147 Å². The van der Waals surface area contributed by atoms with E-state index in [1.165, 1.54) is 5.56 Å². The third kappa shape index (κ3) is 5.43. The largest absolute Gasteiger partial charge is 0.453 e.